The van der Waals surface area contributed by atoms with Crippen molar-refractivity contribution in [2.24, 2.45) is 5.73 Å². The molecule has 0 aliphatic carbocycles. The molecule has 0 radical (unpaired) electrons. The van der Waals surface area contributed by atoms with Gasteiger partial charge >= 0.3 is 0 Å². The number of aromatic nitrogens is 1. The third-order valence-electron chi connectivity index (χ3n) is 3.50. The first-order chi connectivity index (χ1) is 9.31. The van der Waals surface area contributed by atoms with E-state index in [0.29, 0.717) is 5.56 Å². The molecule has 19 heavy (non-hydrogen) atoms. The number of carbonyl (C=O) groups is 1. The lowest BCUT2D eigenvalue weighted by atomic mass is 10.2. The van der Waals surface area contributed by atoms with Crippen molar-refractivity contribution in [2.75, 3.05) is 39.3 Å². The molecule has 104 valence electrons. The van der Waals surface area contributed by atoms with Crippen LogP contribution in [0.2, 0.25) is 0 Å². The van der Waals surface area contributed by atoms with Gasteiger partial charge in [-0.3, -0.25) is 14.7 Å². The quantitative estimate of drug-likeness (QED) is 0.788. The van der Waals surface area contributed by atoms with E-state index in [1.54, 1.807) is 18.5 Å². The fourth-order valence-corrected chi connectivity index (χ4v) is 2.33. The van der Waals surface area contributed by atoms with Gasteiger partial charge in [0.2, 0.25) is 0 Å². The number of hydrogen-bond acceptors (Lipinski definition) is 4. The lowest BCUT2D eigenvalue weighted by Crippen LogP contribution is -2.48. The van der Waals surface area contributed by atoms with Crippen molar-refractivity contribution in [2.45, 2.75) is 12.8 Å². The zero-order valence-electron chi connectivity index (χ0n) is 11.3. The van der Waals surface area contributed by atoms with Gasteiger partial charge in [-0.25, -0.2) is 0 Å². The van der Waals surface area contributed by atoms with Crippen molar-refractivity contribution < 1.29 is 4.79 Å². The molecule has 1 aliphatic heterocycles. The van der Waals surface area contributed by atoms with E-state index in [4.69, 9.17) is 5.73 Å². The molecule has 5 heteroatoms. The number of pyridine rings is 1. The number of amides is 1. The van der Waals surface area contributed by atoms with Crippen LogP contribution in [0.3, 0.4) is 0 Å². The highest BCUT2D eigenvalue weighted by Gasteiger charge is 2.21. The Kier molecular flexibility index (Phi) is 5.30. The van der Waals surface area contributed by atoms with Gasteiger partial charge in [-0.1, -0.05) is 0 Å². The van der Waals surface area contributed by atoms with Crippen LogP contribution in [0, 0.1) is 0 Å². The van der Waals surface area contributed by atoms with Crippen molar-refractivity contribution in [3.8, 4) is 0 Å². The van der Waals surface area contributed by atoms with Gasteiger partial charge in [-0.2, -0.15) is 0 Å². The summed E-state index contributed by atoms with van der Waals surface area (Å²) in [6.07, 6.45) is 5.55. The Labute approximate surface area is 114 Å². The van der Waals surface area contributed by atoms with E-state index in [1.807, 2.05) is 11.0 Å². The second-order valence-electron chi connectivity index (χ2n) is 4.87. The van der Waals surface area contributed by atoms with Crippen LogP contribution in [0.15, 0.2) is 24.5 Å². The number of piperazine rings is 1. The summed E-state index contributed by atoms with van der Waals surface area (Å²) in [6, 6.07) is 3.62. The molecule has 1 aromatic rings. The molecule has 2 N–H and O–H groups in total. The first-order valence-electron chi connectivity index (χ1n) is 6.93. The Balaban J connectivity index is 1.78. The molecule has 1 aromatic heterocycles. The molecule has 0 saturated carbocycles. The van der Waals surface area contributed by atoms with E-state index in [-0.39, 0.29) is 5.91 Å². The largest absolute Gasteiger partial charge is 0.336 e. The Morgan fingerprint density at radius 1 is 1.26 bits per heavy atom. The van der Waals surface area contributed by atoms with Crippen LogP contribution >= 0.6 is 0 Å². The maximum absolute atomic E-state index is 12.2. The molecule has 1 aliphatic rings. The predicted molar refractivity (Wildman–Crippen MR) is 74.9 cm³/mol. The number of hydrogen-bond donors (Lipinski definition) is 1. The van der Waals surface area contributed by atoms with E-state index < -0.39 is 0 Å². The molecular formula is C14H22N4O. The van der Waals surface area contributed by atoms with E-state index in [2.05, 4.69) is 9.88 Å². The normalized spacial score (nSPS) is 16.6. The molecule has 1 fully saturated rings. The predicted octanol–water partition coefficient (Wildman–Crippen LogP) is 0.578. The molecule has 0 atom stereocenters. The van der Waals surface area contributed by atoms with E-state index in [1.165, 1.54) is 0 Å². The smallest absolute Gasteiger partial charge is 0.255 e. The topological polar surface area (TPSA) is 62.5 Å². The lowest BCUT2D eigenvalue weighted by Gasteiger charge is -2.34. The SMILES string of the molecule is NCCCCN1CCN(C(=O)c2cccnc2)CC1. The van der Waals surface area contributed by atoms with Crippen molar-refractivity contribution >= 4 is 5.91 Å². The number of unbranched alkanes of at least 4 members (excludes halogenated alkanes) is 1. The van der Waals surface area contributed by atoms with Crippen LogP contribution in [0.5, 0.6) is 0 Å². The second kappa shape index (κ2) is 7.21. The van der Waals surface area contributed by atoms with E-state index >= 15 is 0 Å². The third kappa shape index (κ3) is 4.01. The van der Waals surface area contributed by atoms with Gasteiger partial charge in [-0.15, -0.1) is 0 Å². The van der Waals surface area contributed by atoms with Gasteiger partial charge in [0.25, 0.3) is 5.91 Å². The Bertz CT molecular complexity index is 388. The van der Waals surface area contributed by atoms with Crippen LogP contribution < -0.4 is 5.73 Å². The third-order valence-corrected chi connectivity index (χ3v) is 3.50. The summed E-state index contributed by atoms with van der Waals surface area (Å²) < 4.78 is 0. The van der Waals surface area contributed by atoms with E-state index in [0.717, 1.165) is 52.1 Å². The first kappa shape index (κ1) is 14.0. The molecule has 0 spiro atoms. The first-order valence-corrected chi connectivity index (χ1v) is 6.93. The molecule has 2 rings (SSSR count). The fourth-order valence-electron chi connectivity index (χ4n) is 2.33. The number of rotatable bonds is 5. The molecule has 2 heterocycles. The van der Waals surface area contributed by atoms with Crippen LogP contribution in [0.1, 0.15) is 23.2 Å². The zero-order valence-corrected chi connectivity index (χ0v) is 11.3. The van der Waals surface area contributed by atoms with Crippen molar-refractivity contribution in [1.82, 2.24) is 14.8 Å². The van der Waals surface area contributed by atoms with Crippen LogP contribution in [-0.4, -0.2) is 60.0 Å². The average Bonchev–Trinajstić information content (AvgIpc) is 2.48. The Hall–Kier alpha value is -1.46. The molecule has 0 unspecified atom stereocenters. The summed E-state index contributed by atoms with van der Waals surface area (Å²) in [5.41, 5.74) is 6.17. The summed E-state index contributed by atoms with van der Waals surface area (Å²) in [4.78, 5) is 20.5. The summed E-state index contributed by atoms with van der Waals surface area (Å²) in [7, 11) is 0. The number of nitrogens with zero attached hydrogens (tertiary/aromatic N) is 3. The number of carbonyl (C=O) groups excluding carboxylic acids is 1. The van der Waals surface area contributed by atoms with Gasteiger partial charge in [-0.05, 0) is 38.1 Å². The van der Waals surface area contributed by atoms with Crippen LogP contribution in [-0.2, 0) is 0 Å². The molecule has 1 saturated heterocycles. The lowest BCUT2D eigenvalue weighted by molar-refractivity contribution is 0.0635. The number of nitrogens with two attached hydrogens (primary N) is 1. The highest BCUT2D eigenvalue weighted by Crippen LogP contribution is 2.08. The van der Waals surface area contributed by atoms with Crippen molar-refractivity contribution in [3.63, 3.8) is 0 Å². The van der Waals surface area contributed by atoms with Gasteiger partial charge in [0.1, 0.15) is 0 Å². The summed E-state index contributed by atoms with van der Waals surface area (Å²) in [6.45, 7) is 5.37. The van der Waals surface area contributed by atoms with Gasteiger partial charge < -0.3 is 10.6 Å². The van der Waals surface area contributed by atoms with E-state index in [9.17, 15) is 4.79 Å². The van der Waals surface area contributed by atoms with Crippen molar-refractivity contribution in [3.05, 3.63) is 30.1 Å². The monoisotopic (exact) mass is 262 g/mol. The highest BCUT2D eigenvalue weighted by atomic mass is 16.2. The Morgan fingerprint density at radius 2 is 2.05 bits per heavy atom. The molecule has 1 amide bonds. The van der Waals surface area contributed by atoms with Gasteiger partial charge in [0.15, 0.2) is 0 Å². The highest BCUT2D eigenvalue weighted by molar-refractivity contribution is 5.93. The molecule has 0 aromatic carbocycles. The zero-order chi connectivity index (χ0) is 13.5. The van der Waals surface area contributed by atoms with Gasteiger partial charge in [0.05, 0.1) is 5.56 Å². The summed E-state index contributed by atoms with van der Waals surface area (Å²) in [5, 5.41) is 0. The summed E-state index contributed by atoms with van der Waals surface area (Å²) in [5.74, 6) is 0.0923. The minimum absolute atomic E-state index is 0.0923. The van der Waals surface area contributed by atoms with Crippen LogP contribution in [0.4, 0.5) is 0 Å². The maximum Gasteiger partial charge on any atom is 0.255 e. The molecular weight excluding hydrogens is 240 g/mol. The summed E-state index contributed by atoms with van der Waals surface area (Å²) >= 11 is 0. The standard InChI is InChI=1S/C14H22N4O/c15-5-1-2-7-17-8-10-18(11-9-17)14(19)13-4-3-6-16-12-13/h3-4,6,12H,1-2,5,7-11,15H2. The maximum atomic E-state index is 12.2. The minimum atomic E-state index is 0.0923. The molecule has 5 nitrogen and oxygen atoms in total. The van der Waals surface area contributed by atoms with Gasteiger partial charge in [0, 0.05) is 38.6 Å². The fraction of sp³-hybridized carbons (Fsp3) is 0.571. The minimum Gasteiger partial charge on any atom is -0.336 e. The van der Waals surface area contributed by atoms with Crippen LogP contribution in [0.25, 0.3) is 0 Å². The molecule has 0 bridgehead atoms. The second-order valence-corrected chi connectivity index (χ2v) is 4.87. The Morgan fingerprint density at radius 3 is 2.68 bits per heavy atom. The van der Waals surface area contributed by atoms with Crippen molar-refractivity contribution in [1.29, 1.82) is 0 Å². The average molecular weight is 262 g/mol.